The van der Waals surface area contributed by atoms with Crippen LogP contribution in [-0.2, 0) is 0 Å². The first-order valence-electron chi connectivity index (χ1n) is 11.5. The number of hydrogen-bond donors (Lipinski definition) is 0. The van der Waals surface area contributed by atoms with Crippen molar-refractivity contribution in [3.63, 3.8) is 0 Å². The highest BCUT2D eigenvalue weighted by molar-refractivity contribution is 6.19. The van der Waals surface area contributed by atoms with Crippen molar-refractivity contribution in [2.24, 2.45) is 0 Å². The Bertz CT molecular complexity index is 1920. The van der Waals surface area contributed by atoms with Gasteiger partial charge in [0.1, 0.15) is 17.7 Å². The number of nitriles is 3. The Hall–Kier alpha value is -6.58. The third kappa shape index (κ3) is 3.33. The van der Waals surface area contributed by atoms with E-state index >= 15 is 8.78 Å². The summed E-state index contributed by atoms with van der Waals surface area (Å²) in [5, 5.41) is 29.7. The van der Waals surface area contributed by atoms with Gasteiger partial charge in [0.05, 0.1) is 37.4 Å². The second-order valence-electron chi connectivity index (χ2n) is 8.45. The molecule has 2 aliphatic rings. The largest absolute Gasteiger partial charge is 0.272 e. The molecule has 0 atom stereocenters. The molecule has 0 unspecified atom stereocenters. The van der Waals surface area contributed by atoms with E-state index in [0.717, 1.165) is 0 Å². The van der Waals surface area contributed by atoms with Crippen LogP contribution in [0.25, 0.3) is 59.2 Å². The van der Waals surface area contributed by atoms with E-state index in [4.69, 9.17) is 19.7 Å². The van der Waals surface area contributed by atoms with Crippen LogP contribution in [0.1, 0.15) is 22.3 Å². The first kappa shape index (κ1) is 25.1. The Morgan fingerprint density at radius 3 is 1.48 bits per heavy atom. The highest BCUT2D eigenvalue weighted by Crippen LogP contribution is 2.60. The van der Waals surface area contributed by atoms with Crippen molar-refractivity contribution in [3.8, 4) is 40.5 Å². The Morgan fingerprint density at radius 1 is 0.600 bits per heavy atom. The monoisotopic (exact) mass is 516 g/mol. The highest BCUT2D eigenvalue weighted by Gasteiger charge is 2.43. The fourth-order valence-electron chi connectivity index (χ4n) is 5.13. The van der Waals surface area contributed by atoms with Crippen LogP contribution < -0.4 is 0 Å². The van der Waals surface area contributed by atoms with Gasteiger partial charge in [0.15, 0.2) is 0 Å². The summed E-state index contributed by atoms with van der Waals surface area (Å²) in [5.74, 6) is -2.21. The normalized spacial score (nSPS) is 15.5. The third-order valence-corrected chi connectivity index (χ3v) is 6.61. The predicted molar refractivity (Wildman–Crippen MR) is 144 cm³/mol. The van der Waals surface area contributed by atoms with Gasteiger partial charge >= 0.3 is 0 Å². The standard InChI is InChI=1S/C32H10F2N6/c1-38-20(15-36)25-27-23(18-12-8-5-9-13-18)28-26(21(16-37)39-2)31(34)32(40-3)29(28)22(17-10-6-4-7-11-17)24(27)19(14-35)30(25)33/h4-13H/b25-20+,26-21-. The summed E-state index contributed by atoms with van der Waals surface area (Å²) in [7, 11) is 0. The summed E-state index contributed by atoms with van der Waals surface area (Å²) in [4.78, 5) is 9.84. The van der Waals surface area contributed by atoms with Crippen LogP contribution in [-0.4, -0.2) is 0 Å². The molecule has 0 saturated carbocycles. The van der Waals surface area contributed by atoms with Crippen LogP contribution >= 0.6 is 0 Å². The second kappa shape index (κ2) is 9.71. The zero-order valence-corrected chi connectivity index (χ0v) is 20.2. The molecule has 0 aromatic heterocycles. The number of hydrogen-bond acceptors (Lipinski definition) is 3. The topological polar surface area (TPSA) is 84.4 Å². The van der Waals surface area contributed by atoms with Gasteiger partial charge in [-0.2, -0.15) is 5.26 Å². The van der Waals surface area contributed by atoms with Crippen LogP contribution in [0.4, 0.5) is 8.78 Å². The first-order chi connectivity index (χ1) is 19.5. The van der Waals surface area contributed by atoms with E-state index in [1.807, 2.05) is 6.07 Å². The number of fused-ring (bicyclic) bond motifs is 2. The molecule has 5 rings (SSSR count). The average Bonchev–Trinajstić information content (AvgIpc) is 3.44. The van der Waals surface area contributed by atoms with Crippen molar-refractivity contribution in [2.45, 2.75) is 0 Å². The van der Waals surface area contributed by atoms with Crippen molar-refractivity contribution in [1.29, 1.82) is 15.8 Å². The molecule has 6 nitrogen and oxygen atoms in total. The van der Waals surface area contributed by atoms with Crippen molar-refractivity contribution in [3.05, 3.63) is 140 Å². The summed E-state index contributed by atoms with van der Waals surface area (Å²) >= 11 is 0. The maximum Gasteiger partial charge on any atom is 0.272 e. The molecule has 0 aliphatic heterocycles. The molecule has 0 saturated heterocycles. The molecule has 0 spiro atoms. The molecule has 3 aromatic carbocycles. The van der Waals surface area contributed by atoms with Gasteiger partial charge < -0.3 is 0 Å². The maximum atomic E-state index is 16.1. The Morgan fingerprint density at radius 2 is 1.05 bits per heavy atom. The van der Waals surface area contributed by atoms with Crippen molar-refractivity contribution in [1.82, 2.24) is 0 Å². The molecule has 182 valence electrons. The van der Waals surface area contributed by atoms with Crippen LogP contribution in [0, 0.1) is 53.7 Å². The zero-order valence-electron chi connectivity index (χ0n) is 20.2. The van der Waals surface area contributed by atoms with Crippen LogP contribution in [0.2, 0.25) is 0 Å². The molecule has 0 radical (unpaired) electrons. The van der Waals surface area contributed by atoms with E-state index < -0.39 is 45.5 Å². The minimum Gasteiger partial charge on any atom is -0.234 e. The molecule has 0 amide bonds. The van der Waals surface area contributed by atoms with Crippen LogP contribution in [0.3, 0.4) is 0 Å². The minimum atomic E-state index is -1.10. The van der Waals surface area contributed by atoms with Crippen molar-refractivity contribution >= 4 is 22.4 Å². The molecule has 8 heteroatoms. The van der Waals surface area contributed by atoms with Gasteiger partial charge in [0, 0.05) is 16.7 Å². The van der Waals surface area contributed by atoms with E-state index in [1.165, 1.54) is 0 Å². The van der Waals surface area contributed by atoms with Gasteiger partial charge in [-0.15, -0.1) is 0 Å². The Balaban J connectivity index is 2.23. The number of benzene rings is 3. The fourth-order valence-corrected chi connectivity index (χ4v) is 5.13. The molecule has 0 fully saturated rings. The lowest BCUT2D eigenvalue weighted by molar-refractivity contribution is 0.681. The van der Waals surface area contributed by atoms with E-state index in [0.29, 0.717) is 11.1 Å². The van der Waals surface area contributed by atoms with Gasteiger partial charge in [-0.1, -0.05) is 60.7 Å². The first-order valence-corrected chi connectivity index (χ1v) is 11.5. The molecular formula is C32H10F2N6. The van der Waals surface area contributed by atoms with Crippen molar-refractivity contribution < 1.29 is 8.78 Å². The van der Waals surface area contributed by atoms with Gasteiger partial charge in [0.25, 0.3) is 11.4 Å². The molecular weight excluding hydrogens is 506 g/mol. The number of rotatable bonds is 2. The summed E-state index contributed by atoms with van der Waals surface area (Å²) in [6.45, 7) is 23.0. The predicted octanol–water partition coefficient (Wildman–Crippen LogP) is 8.12. The minimum absolute atomic E-state index is 0.00766. The van der Waals surface area contributed by atoms with Gasteiger partial charge in [0.2, 0.25) is 5.70 Å². The zero-order chi connectivity index (χ0) is 28.6. The van der Waals surface area contributed by atoms with Gasteiger partial charge in [-0.05, 0) is 38.9 Å². The molecule has 0 heterocycles. The fraction of sp³-hybridized carbons (Fsp3) is 0. The van der Waals surface area contributed by atoms with E-state index in [2.05, 4.69) is 14.5 Å². The quantitative estimate of drug-likeness (QED) is 0.255. The lowest BCUT2D eigenvalue weighted by Crippen LogP contribution is -2.03. The summed E-state index contributed by atoms with van der Waals surface area (Å²) in [5.41, 5.74) is -2.20. The van der Waals surface area contributed by atoms with Crippen LogP contribution in [0.15, 0.2) is 83.7 Å². The maximum absolute atomic E-state index is 16.1. The van der Waals surface area contributed by atoms with Crippen molar-refractivity contribution in [2.75, 3.05) is 0 Å². The summed E-state index contributed by atoms with van der Waals surface area (Å²) in [6, 6.07) is 21.8. The second-order valence-corrected chi connectivity index (χ2v) is 8.45. The van der Waals surface area contributed by atoms with Gasteiger partial charge in [-0.3, -0.25) is 0 Å². The average molecular weight is 516 g/mol. The summed E-state index contributed by atoms with van der Waals surface area (Å²) in [6.07, 6.45) is 0. The highest BCUT2D eigenvalue weighted by atomic mass is 19.1. The molecule has 3 aromatic rings. The van der Waals surface area contributed by atoms with E-state index in [1.54, 1.807) is 72.8 Å². The van der Waals surface area contributed by atoms with E-state index in [9.17, 15) is 15.8 Å². The Labute approximate surface area is 227 Å². The number of allylic oxidation sites excluding steroid dienone is 7. The molecule has 0 bridgehead atoms. The Kier molecular flexibility index (Phi) is 6.09. The van der Waals surface area contributed by atoms with E-state index in [-0.39, 0.29) is 33.4 Å². The third-order valence-electron chi connectivity index (χ3n) is 6.61. The smallest absolute Gasteiger partial charge is 0.234 e. The van der Waals surface area contributed by atoms with Gasteiger partial charge in [-0.25, -0.2) is 33.8 Å². The lowest BCUT2D eigenvalue weighted by Gasteiger charge is -2.23. The SMILES string of the molecule is [C-]#[N+]C1=C(F)/C(=C(/C#N)[N+]#[C-])c2c1c(-c1ccccc1)c1c(c2-c2ccccc2)/C(=C(/C#N)[N+]#[C-])C(F)=C1C#N. The number of nitrogens with zero attached hydrogens (tertiary/aromatic N) is 6. The lowest BCUT2D eigenvalue weighted by atomic mass is 9.79. The summed E-state index contributed by atoms with van der Waals surface area (Å²) < 4.78 is 32.3. The number of halogens is 2. The molecule has 2 aliphatic carbocycles. The van der Waals surface area contributed by atoms with Crippen LogP contribution in [0.5, 0.6) is 0 Å². The molecule has 40 heavy (non-hydrogen) atoms. The molecule has 0 N–H and O–H groups in total.